The van der Waals surface area contributed by atoms with Crippen molar-refractivity contribution in [1.82, 2.24) is 0 Å². The normalized spacial score (nSPS) is 41.3. The summed E-state index contributed by atoms with van der Waals surface area (Å²) >= 11 is 0. The van der Waals surface area contributed by atoms with Crippen LogP contribution in [-0.4, -0.2) is 6.54 Å². The molecule has 1 heteroatoms. The van der Waals surface area contributed by atoms with E-state index in [0.29, 0.717) is 0 Å². The summed E-state index contributed by atoms with van der Waals surface area (Å²) in [5.41, 5.74) is 7.32. The number of fused-ring (bicyclic) bond motifs is 1. The average Bonchev–Trinajstić information content (AvgIpc) is 2.31. The van der Waals surface area contributed by atoms with Crippen LogP contribution in [0, 0.1) is 17.8 Å². The van der Waals surface area contributed by atoms with Crippen molar-refractivity contribution in [3.63, 3.8) is 0 Å². The van der Waals surface area contributed by atoms with Crippen molar-refractivity contribution in [1.29, 1.82) is 0 Å². The van der Waals surface area contributed by atoms with Crippen LogP contribution in [0.2, 0.25) is 0 Å². The smallest absolute Gasteiger partial charge is 0.00430 e. The van der Waals surface area contributed by atoms with Crippen LogP contribution in [0.3, 0.4) is 0 Å². The van der Waals surface area contributed by atoms with Crippen molar-refractivity contribution in [2.75, 3.05) is 6.54 Å². The lowest BCUT2D eigenvalue weighted by atomic mass is 9.66. The van der Waals surface area contributed by atoms with Crippen molar-refractivity contribution in [3.8, 4) is 0 Å². The van der Waals surface area contributed by atoms with Gasteiger partial charge in [0.1, 0.15) is 0 Å². The van der Waals surface area contributed by atoms with E-state index in [0.717, 1.165) is 24.3 Å². The summed E-state index contributed by atoms with van der Waals surface area (Å²) < 4.78 is 0. The maximum atomic E-state index is 5.65. The maximum Gasteiger partial charge on any atom is -0.00430 e. The Bertz CT molecular complexity index is 183. The van der Waals surface area contributed by atoms with E-state index >= 15 is 0 Å². The highest BCUT2D eigenvalue weighted by Crippen LogP contribution is 2.49. The number of hydrogen-bond donors (Lipinski definition) is 1. The number of allylic oxidation sites excluding steroid dienone is 2. The van der Waals surface area contributed by atoms with Gasteiger partial charge >= 0.3 is 0 Å². The Labute approximate surface area is 68.7 Å². The summed E-state index contributed by atoms with van der Waals surface area (Å²) in [4.78, 5) is 0. The zero-order valence-electron chi connectivity index (χ0n) is 7.22. The molecule has 0 aromatic carbocycles. The quantitative estimate of drug-likeness (QED) is 0.600. The van der Waals surface area contributed by atoms with Crippen LogP contribution in [0.5, 0.6) is 0 Å². The van der Waals surface area contributed by atoms with Gasteiger partial charge in [0.2, 0.25) is 0 Å². The summed E-state index contributed by atoms with van der Waals surface area (Å²) in [6.07, 6.45) is 6.51. The second kappa shape index (κ2) is 2.63. The van der Waals surface area contributed by atoms with Gasteiger partial charge in [-0.2, -0.15) is 0 Å². The van der Waals surface area contributed by atoms with Gasteiger partial charge in [-0.05, 0) is 43.6 Å². The van der Waals surface area contributed by atoms with E-state index in [2.05, 4.69) is 13.0 Å². The highest BCUT2D eigenvalue weighted by Gasteiger charge is 2.41. The molecule has 0 unspecified atom stereocenters. The van der Waals surface area contributed by atoms with E-state index in [9.17, 15) is 0 Å². The molecule has 2 rings (SSSR count). The largest absolute Gasteiger partial charge is 0.330 e. The van der Waals surface area contributed by atoms with Crippen molar-refractivity contribution < 1.29 is 0 Å². The van der Waals surface area contributed by atoms with Crippen LogP contribution in [0.15, 0.2) is 11.6 Å². The van der Waals surface area contributed by atoms with Crippen molar-refractivity contribution in [3.05, 3.63) is 11.6 Å². The molecular formula is C10H17N. The number of nitrogens with two attached hydrogens (primary N) is 1. The maximum absolute atomic E-state index is 5.65. The Kier molecular flexibility index (Phi) is 1.76. The van der Waals surface area contributed by atoms with Gasteiger partial charge in [-0.3, -0.25) is 0 Å². The molecule has 1 fully saturated rings. The van der Waals surface area contributed by atoms with Crippen LogP contribution in [0.4, 0.5) is 0 Å². The molecule has 0 saturated heterocycles. The Morgan fingerprint density at radius 3 is 3.09 bits per heavy atom. The molecule has 0 aromatic heterocycles. The van der Waals surface area contributed by atoms with Crippen molar-refractivity contribution in [2.24, 2.45) is 23.5 Å². The topological polar surface area (TPSA) is 26.0 Å². The van der Waals surface area contributed by atoms with Crippen LogP contribution in [0.1, 0.15) is 26.2 Å². The molecule has 0 aliphatic heterocycles. The predicted molar refractivity (Wildman–Crippen MR) is 47.1 cm³/mol. The minimum Gasteiger partial charge on any atom is -0.330 e. The third kappa shape index (κ3) is 1.02. The molecule has 2 aliphatic rings. The second-order valence-electron chi connectivity index (χ2n) is 3.95. The SMILES string of the molecule is CCC1=C[C@@H]2[C@H](CN)C[C@H]2C1. The minimum atomic E-state index is 0.823. The zero-order chi connectivity index (χ0) is 7.84. The first-order valence-corrected chi connectivity index (χ1v) is 4.74. The molecule has 62 valence electrons. The summed E-state index contributed by atoms with van der Waals surface area (Å²) in [6, 6.07) is 0. The average molecular weight is 151 g/mol. The molecule has 0 amide bonds. The van der Waals surface area contributed by atoms with E-state index in [1.807, 2.05) is 0 Å². The highest BCUT2D eigenvalue weighted by molar-refractivity contribution is 5.19. The van der Waals surface area contributed by atoms with E-state index in [1.165, 1.54) is 19.3 Å². The van der Waals surface area contributed by atoms with Crippen LogP contribution in [-0.2, 0) is 0 Å². The fourth-order valence-electron chi connectivity index (χ4n) is 2.58. The lowest BCUT2D eigenvalue weighted by Gasteiger charge is -2.39. The van der Waals surface area contributed by atoms with Gasteiger partial charge < -0.3 is 5.73 Å². The third-order valence-electron chi connectivity index (χ3n) is 3.40. The molecule has 2 aliphatic carbocycles. The summed E-state index contributed by atoms with van der Waals surface area (Å²) in [5, 5.41) is 0. The van der Waals surface area contributed by atoms with Gasteiger partial charge in [-0.15, -0.1) is 0 Å². The molecule has 3 atom stereocenters. The minimum absolute atomic E-state index is 0.823. The van der Waals surface area contributed by atoms with E-state index in [4.69, 9.17) is 5.73 Å². The molecular weight excluding hydrogens is 134 g/mol. The van der Waals surface area contributed by atoms with Crippen LogP contribution in [0.25, 0.3) is 0 Å². The summed E-state index contributed by atoms with van der Waals surface area (Å²) in [5.74, 6) is 2.68. The summed E-state index contributed by atoms with van der Waals surface area (Å²) in [6.45, 7) is 3.16. The van der Waals surface area contributed by atoms with Crippen LogP contribution >= 0.6 is 0 Å². The van der Waals surface area contributed by atoms with Gasteiger partial charge in [0, 0.05) is 0 Å². The molecule has 2 N–H and O–H groups in total. The first kappa shape index (κ1) is 7.35. The van der Waals surface area contributed by atoms with Crippen molar-refractivity contribution >= 4 is 0 Å². The van der Waals surface area contributed by atoms with E-state index < -0.39 is 0 Å². The molecule has 0 radical (unpaired) electrons. The predicted octanol–water partition coefficient (Wildman–Crippen LogP) is 1.94. The van der Waals surface area contributed by atoms with Crippen LogP contribution < -0.4 is 5.73 Å². The van der Waals surface area contributed by atoms with E-state index in [1.54, 1.807) is 5.57 Å². The van der Waals surface area contributed by atoms with Crippen molar-refractivity contribution in [2.45, 2.75) is 26.2 Å². The van der Waals surface area contributed by atoms with Gasteiger partial charge in [0.15, 0.2) is 0 Å². The lowest BCUT2D eigenvalue weighted by molar-refractivity contribution is 0.137. The molecule has 0 heterocycles. The number of rotatable bonds is 2. The van der Waals surface area contributed by atoms with Gasteiger partial charge in [0.25, 0.3) is 0 Å². The monoisotopic (exact) mass is 151 g/mol. The molecule has 0 spiro atoms. The Morgan fingerprint density at radius 2 is 2.45 bits per heavy atom. The molecule has 1 saturated carbocycles. The van der Waals surface area contributed by atoms with Gasteiger partial charge in [-0.25, -0.2) is 0 Å². The Morgan fingerprint density at radius 1 is 1.64 bits per heavy atom. The fraction of sp³-hybridized carbons (Fsp3) is 0.800. The molecule has 0 bridgehead atoms. The number of hydrogen-bond acceptors (Lipinski definition) is 1. The Hall–Kier alpha value is -0.300. The van der Waals surface area contributed by atoms with E-state index in [-0.39, 0.29) is 0 Å². The Balaban J connectivity index is 2.00. The first-order valence-electron chi connectivity index (χ1n) is 4.74. The standard InChI is InChI=1S/C10H17N/c1-2-7-3-8-5-9(6-11)10(8)4-7/h4,8-10H,2-3,5-6,11H2,1H3/t8-,9+,10+/m1/s1. The van der Waals surface area contributed by atoms with Gasteiger partial charge in [0.05, 0.1) is 0 Å². The molecule has 0 aromatic rings. The van der Waals surface area contributed by atoms with Gasteiger partial charge in [-0.1, -0.05) is 18.6 Å². The summed E-state index contributed by atoms with van der Waals surface area (Å²) in [7, 11) is 0. The highest BCUT2D eigenvalue weighted by atomic mass is 14.6. The second-order valence-corrected chi connectivity index (χ2v) is 3.95. The third-order valence-corrected chi connectivity index (χ3v) is 3.40. The molecule has 1 nitrogen and oxygen atoms in total. The zero-order valence-corrected chi connectivity index (χ0v) is 7.22. The lowest BCUT2D eigenvalue weighted by Crippen LogP contribution is -2.37. The molecule has 11 heavy (non-hydrogen) atoms. The fourth-order valence-corrected chi connectivity index (χ4v) is 2.58. The first-order chi connectivity index (χ1) is 5.35.